The molecule has 0 spiro atoms. The van der Waals surface area contributed by atoms with Gasteiger partial charge in [0.25, 0.3) is 0 Å². The van der Waals surface area contributed by atoms with Gasteiger partial charge in [0, 0.05) is 13.1 Å². The van der Waals surface area contributed by atoms with Gasteiger partial charge >= 0.3 is 0 Å². The van der Waals surface area contributed by atoms with Crippen LogP contribution in [0.4, 0.5) is 0 Å². The molecular weight excluding hydrogens is 196 g/mol. The van der Waals surface area contributed by atoms with Crippen LogP contribution in [0, 0.1) is 5.92 Å². The Morgan fingerprint density at radius 1 is 1.19 bits per heavy atom. The van der Waals surface area contributed by atoms with Gasteiger partial charge in [-0.15, -0.1) is 0 Å². The average molecular weight is 226 g/mol. The summed E-state index contributed by atoms with van der Waals surface area (Å²) in [4.78, 5) is 2.58. The highest BCUT2D eigenvalue weighted by Gasteiger charge is 2.10. The van der Waals surface area contributed by atoms with E-state index in [0.717, 1.165) is 5.92 Å². The number of rotatable bonds is 9. The average Bonchev–Trinajstić information content (AvgIpc) is 2.81. The van der Waals surface area contributed by atoms with E-state index in [-0.39, 0.29) is 0 Å². The first-order valence-corrected chi connectivity index (χ1v) is 7.29. The number of hydrogen-bond donors (Lipinski definition) is 1. The largest absolute Gasteiger partial charge is 0.315 e. The van der Waals surface area contributed by atoms with Crippen molar-refractivity contribution in [2.24, 2.45) is 5.92 Å². The summed E-state index contributed by atoms with van der Waals surface area (Å²) in [5, 5.41) is 3.63. The zero-order valence-corrected chi connectivity index (χ0v) is 11.3. The molecule has 1 rings (SSSR count). The third kappa shape index (κ3) is 5.86. The summed E-state index contributed by atoms with van der Waals surface area (Å²) < 4.78 is 0. The first-order valence-electron chi connectivity index (χ1n) is 7.29. The van der Waals surface area contributed by atoms with Crippen molar-refractivity contribution in [3.05, 3.63) is 0 Å². The molecule has 0 aromatic heterocycles. The van der Waals surface area contributed by atoms with Crippen molar-refractivity contribution >= 4 is 0 Å². The van der Waals surface area contributed by atoms with E-state index in [1.807, 2.05) is 0 Å². The minimum Gasteiger partial charge on any atom is -0.315 e. The maximum Gasteiger partial charge on any atom is 0.0107 e. The second kappa shape index (κ2) is 9.00. The molecule has 2 heteroatoms. The van der Waals surface area contributed by atoms with Crippen LogP contribution >= 0.6 is 0 Å². The monoisotopic (exact) mass is 226 g/mol. The van der Waals surface area contributed by atoms with Crippen molar-refractivity contribution in [1.29, 1.82) is 0 Å². The van der Waals surface area contributed by atoms with Crippen LogP contribution in [0.5, 0.6) is 0 Å². The Morgan fingerprint density at radius 2 is 1.94 bits per heavy atom. The smallest absolute Gasteiger partial charge is 0.0107 e. The quantitative estimate of drug-likeness (QED) is 0.608. The summed E-state index contributed by atoms with van der Waals surface area (Å²) in [6.07, 6.45) is 8.29. The molecule has 1 unspecified atom stereocenters. The Kier molecular flexibility index (Phi) is 7.87. The van der Waals surface area contributed by atoms with Gasteiger partial charge in [0.1, 0.15) is 0 Å². The molecule has 0 saturated carbocycles. The predicted octanol–water partition coefficient (Wildman–Crippen LogP) is 2.89. The van der Waals surface area contributed by atoms with Gasteiger partial charge in [0.05, 0.1) is 0 Å². The van der Waals surface area contributed by atoms with Crippen LogP contribution < -0.4 is 5.32 Å². The van der Waals surface area contributed by atoms with E-state index < -0.39 is 0 Å². The fraction of sp³-hybridized carbons (Fsp3) is 1.00. The molecule has 1 atom stereocenters. The fourth-order valence-corrected chi connectivity index (χ4v) is 2.49. The van der Waals surface area contributed by atoms with E-state index in [0.29, 0.717) is 0 Å². The number of hydrogen-bond acceptors (Lipinski definition) is 2. The lowest BCUT2D eigenvalue weighted by Crippen LogP contribution is -2.32. The molecule has 0 aliphatic carbocycles. The Labute approximate surface area is 102 Å². The molecule has 0 aromatic rings. The van der Waals surface area contributed by atoms with Gasteiger partial charge in [-0.3, -0.25) is 0 Å². The van der Waals surface area contributed by atoms with Crippen LogP contribution in [0.1, 0.15) is 52.4 Å². The summed E-state index contributed by atoms with van der Waals surface area (Å²) in [5.41, 5.74) is 0. The number of nitrogens with one attached hydrogen (secondary N) is 1. The van der Waals surface area contributed by atoms with Gasteiger partial charge < -0.3 is 10.2 Å². The Hall–Kier alpha value is -0.0800. The highest BCUT2D eigenvalue weighted by Crippen LogP contribution is 2.11. The van der Waals surface area contributed by atoms with Crippen LogP contribution in [0.15, 0.2) is 0 Å². The highest BCUT2D eigenvalue weighted by molar-refractivity contribution is 4.68. The zero-order valence-electron chi connectivity index (χ0n) is 11.3. The summed E-state index contributed by atoms with van der Waals surface area (Å²) in [6.45, 7) is 10.9. The molecule has 1 heterocycles. The molecule has 2 nitrogen and oxygen atoms in total. The molecule has 96 valence electrons. The SMILES string of the molecule is CCCCC(CC)CNCCN1CCCC1. The maximum absolute atomic E-state index is 3.63. The Balaban J connectivity index is 1.95. The van der Waals surface area contributed by atoms with Gasteiger partial charge in [0.2, 0.25) is 0 Å². The third-order valence-corrected chi connectivity index (χ3v) is 3.78. The van der Waals surface area contributed by atoms with E-state index >= 15 is 0 Å². The van der Waals surface area contributed by atoms with Crippen LogP contribution in [0.2, 0.25) is 0 Å². The van der Waals surface area contributed by atoms with Crippen molar-refractivity contribution in [3.63, 3.8) is 0 Å². The molecule has 0 aromatic carbocycles. The summed E-state index contributed by atoms with van der Waals surface area (Å²) in [5.74, 6) is 0.901. The lowest BCUT2D eigenvalue weighted by Gasteiger charge is -2.18. The molecular formula is C14H30N2. The number of likely N-dealkylation sites (tertiary alicyclic amines) is 1. The fourth-order valence-electron chi connectivity index (χ4n) is 2.49. The lowest BCUT2D eigenvalue weighted by atomic mass is 9.99. The first-order chi connectivity index (χ1) is 7.86. The standard InChI is InChI=1S/C14H30N2/c1-3-5-8-14(4-2)13-15-9-12-16-10-6-7-11-16/h14-15H,3-13H2,1-2H3. The zero-order chi connectivity index (χ0) is 11.6. The number of unbranched alkanes of at least 4 members (excludes halogenated alkanes) is 1. The molecule has 0 radical (unpaired) electrons. The van der Waals surface area contributed by atoms with Crippen molar-refractivity contribution in [2.75, 3.05) is 32.7 Å². The molecule has 1 N–H and O–H groups in total. The second-order valence-corrected chi connectivity index (χ2v) is 5.17. The molecule has 1 aliphatic heterocycles. The van der Waals surface area contributed by atoms with Crippen molar-refractivity contribution in [1.82, 2.24) is 10.2 Å². The minimum atomic E-state index is 0.901. The van der Waals surface area contributed by atoms with E-state index in [4.69, 9.17) is 0 Å². The molecule has 0 bridgehead atoms. The van der Waals surface area contributed by atoms with Crippen LogP contribution in [0.3, 0.4) is 0 Å². The third-order valence-electron chi connectivity index (χ3n) is 3.78. The molecule has 1 fully saturated rings. The minimum absolute atomic E-state index is 0.901. The van der Waals surface area contributed by atoms with Crippen LogP contribution in [0.25, 0.3) is 0 Å². The molecule has 1 aliphatic rings. The Morgan fingerprint density at radius 3 is 2.56 bits per heavy atom. The van der Waals surface area contributed by atoms with Gasteiger partial charge in [-0.25, -0.2) is 0 Å². The van der Waals surface area contributed by atoms with Gasteiger partial charge in [-0.2, -0.15) is 0 Å². The highest BCUT2D eigenvalue weighted by atomic mass is 15.1. The number of nitrogens with zero attached hydrogens (tertiary/aromatic N) is 1. The second-order valence-electron chi connectivity index (χ2n) is 5.17. The molecule has 0 amide bonds. The first kappa shape index (κ1) is 14.0. The van der Waals surface area contributed by atoms with E-state index in [9.17, 15) is 0 Å². The van der Waals surface area contributed by atoms with Gasteiger partial charge in [-0.05, 0) is 44.8 Å². The Bertz CT molecular complexity index is 153. The van der Waals surface area contributed by atoms with Crippen molar-refractivity contribution in [2.45, 2.75) is 52.4 Å². The van der Waals surface area contributed by atoms with Gasteiger partial charge in [-0.1, -0.05) is 33.1 Å². The topological polar surface area (TPSA) is 15.3 Å². The van der Waals surface area contributed by atoms with Crippen molar-refractivity contribution in [3.8, 4) is 0 Å². The molecule has 16 heavy (non-hydrogen) atoms. The summed E-state index contributed by atoms with van der Waals surface area (Å²) in [7, 11) is 0. The van der Waals surface area contributed by atoms with E-state index in [2.05, 4.69) is 24.1 Å². The van der Waals surface area contributed by atoms with E-state index in [1.54, 1.807) is 0 Å². The summed E-state index contributed by atoms with van der Waals surface area (Å²) in [6, 6.07) is 0. The van der Waals surface area contributed by atoms with Gasteiger partial charge in [0.15, 0.2) is 0 Å². The molecule has 1 saturated heterocycles. The summed E-state index contributed by atoms with van der Waals surface area (Å²) >= 11 is 0. The van der Waals surface area contributed by atoms with Crippen LogP contribution in [-0.4, -0.2) is 37.6 Å². The maximum atomic E-state index is 3.63. The van der Waals surface area contributed by atoms with Crippen molar-refractivity contribution < 1.29 is 0 Å². The normalized spacial score (nSPS) is 19.1. The van der Waals surface area contributed by atoms with Crippen LogP contribution in [-0.2, 0) is 0 Å². The van der Waals surface area contributed by atoms with E-state index in [1.165, 1.54) is 71.2 Å². The predicted molar refractivity (Wildman–Crippen MR) is 71.8 cm³/mol. The lowest BCUT2D eigenvalue weighted by molar-refractivity contribution is 0.326.